The van der Waals surface area contributed by atoms with Crippen LogP contribution >= 0.6 is 11.6 Å². The summed E-state index contributed by atoms with van der Waals surface area (Å²) in [5.41, 5.74) is 5.89. The highest BCUT2D eigenvalue weighted by Crippen LogP contribution is 2.22. The van der Waals surface area contributed by atoms with Gasteiger partial charge in [-0.05, 0) is 36.2 Å². The third-order valence-corrected chi connectivity index (χ3v) is 3.77. The van der Waals surface area contributed by atoms with E-state index in [1.807, 2.05) is 24.3 Å². The molecule has 0 saturated carbocycles. The van der Waals surface area contributed by atoms with Crippen molar-refractivity contribution in [2.45, 2.75) is 12.8 Å². The van der Waals surface area contributed by atoms with Crippen molar-refractivity contribution < 1.29 is 19.1 Å². The summed E-state index contributed by atoms with van der Waals surface area (Å²) in [6, 6.07) is 12.1. The number of aryl methyl sites for hydroxylation is 1. The van der Waals surface area contributed by atoms with Gasteiger partial charge in [0.05, 0.1) is 19.8 Å². The zero-order chi connectivity index (χ0) is 18.2. The average molecular weight is 363 g/mol. The molecule has 0 aliphatic carbocycles. The number of halogens is 1. The van der Waals surface area contributed by atoms with E-state index in [9.17, 15) is 9.59 Å². The molecule has 2 N–H and O–H groups in total. The molecule has 0 atom stereocenters. The summed E-state index contributed by atoms with van der Waals surface area (Å²) in [7, 11) is 3.03. The molecular weight excluding hydrogens is 344 g/mol. The summed E-state index contributed by atoms with van der Waals surface area (Å²) in [5.74, 6) is 0.262. The third-order valence-electron chi connectivity index (χ3n) is 3.54. The molecule has 0 fully saturated rings. The Bertz CT molecular complexity index is 764. The zero-order valence-electron chi connectivity index (χ0n) is 14.0. The summed E-state index contributed by atoms with van der Waals surface area (Å²) in [6.07, 6.45) is 0.694. The first kappa shape index (κ1) is 18.6. The van der Waals surface area contributed by atoms with Crippen molar-refractivity contribution in [1.29, 1.82) is 0 Å². The molecular formula is C18H19ClN2O4. The molecule has 0 bridgehead atoms. The van der Waals surface area contributed by atoms with Gasteiger partial charge < -0.3 is 9.47 Å². The molecule has 7 heteroatoms. The average Bonchev–Trinajstić information content (AvgIpc) is 2.64. The van der Waals surface area contributed by atoms with Gasteiger partial charge >= 0.3 is 0 Å². The Balaban J connectivity index is 1.89. The van der Waals surface area contributed by atoms with E-state index >= 15 is 0 Å². The third kappa shape index (κ3) is 5.12. The standard InChI is InChI=1S/C18H19ClN2O4/c1-24-15-6-4-3-5-12(15)7-10-17(22)20-21-18(23)14-11-13(19)8-9-16(14)25-2/h3-6,8-9,11H,7,10H2,1-2H3,(H,20,22)(H,21,23). The highest BCUT2D eigenvalue weighted by molar-refractivity contribution is 6.31. The number of amides is 2. The number of hydrogen-bond acceptors (Lipinski definition) is 4. The smallest absolute Gasteiger partial charge is 0.273 e. The Kier molecular flexibility index (Phi) is 6.65. The molecule has 2 amide bonds. The maximum absolute atomic E-state index is 12.2. The minimum Gasteiger partial charge on any atom is -0.496 e. The van der Waals surface area contributed by atoms with E-state index in [-0.39, 0.29) is 17.9 Å². The molecule has 2 rings (SSSR count). The van der Waals surface area contributed by atoms with Gasteiger partial charge in [-0.1, -0.05) is 29.8 Å². The summed E-state index contributed by atoms with van der Waals surface area (Å²) in [6.45, 7) is 0. The SMILES string of the molecule is COc1ccccc1CCC(=O)NNC(=O)c1cc(Cl)ccc1OC. The van der Waals surface area contributed by atoms with E-state index in [1.165, 1.54) is 13.2 Å². The molecule has 0 saturated heterocycles. The number of rotatable bonds is 6. The van der Waals surface area contributed by atoms with Gasteiger partial charge in [-0.15, -0.1) is 0 Å². The first-order valence-electron chi connectivity index (χ1n) is 7.59. The molecule has 6 nitrogen and oxygen atoms in total. The first-order valence-corrected chi connectivity index (χ1v) is 7.97. The molecule has 2 aromatic carbocycles. The van der Waals surface area contributed by atoms with Crippen LogP contribution in [0.2, 0.25) is 5.02 Å². The molecule has 0 unspecified atom stereocenters. The fraction of sp³-hybridized carbons (Fsp3) is 0.222. The van der Waals surface area contributed by atoms with E-state index in [4.69, 9.17) is 21.1 Å². The van der Waals surface area contributed by atoms with Crippen LogP contribution in [0.15, 0.2) is 42.5 Å². The predicted molar refractivity (Wildman–Crippen MR) is 94.9 cm³/mol. The minimum absolute atomic E-state index is 0.202. The fourth-order valence-electron chi connectivity index (χ4n) is 2.27. The van der Waals surface area contributed by atoms with Gasteiger partial charge in [-0.3, -0.25) is 20.4 Å². The highest BCUT2D eigenvalue weighted by atomic mass is 35.5. The van der Waals surface area contributed by atoms with Crippen LogP contribution in [0.4, 0.5) is 0 Å². The predicted octanol–water partition coefficient (Wildman–Crippen LogP) is 2.75. The van der Waals surface area contributed by atoms with Gasteiger partial charge in [-0.2, -0.15) is 0 Å². The van der Waals surface area contributed by atoms with E-state index in [0.717, 1.165) is 11.3 Å². The molecule has 25 heavy (non-hydrogen) atoms. The Morgan fingerprint density at radius 1 is 1.00 bits per heavy atom. The monoisotopic (exact) mass is 362 g/mol. The number of nitrogens with one attached hydrogen (secondary N) is 2. The Morgan fingerprint density at radius 3 is 2.44 bits per heavy atom. The van der Waals surface area contributed by atoms with Gasteiger partial charge in [0.15, 0.2) is 0 Å². The van der Waals surface area contributed by atoms with Crippen molar-refractivity contribution in [3.63, 3.8) is 0 Å². The fourth-order valence-corrected chi connectivity index (χ4v) is 2.44. The van der Waals surface area contributed by atoms with Crippen LogP contribution in [0.5, 0.6) is 11.5 Å². The molecule has 0 radical (unpaired) electrons. The maximum Gasteiger partial charge on any atom is 0.273 e. The van der Waals surface area contributed by atoms with Gasteiger partial charge in [0.1, 0.15) is 11.5 Å². The second-order valence-corrected chi connectivity index (χ2v) is 5.60. The lowest BCUT2D eigenvalue weighted by Gasteiger charge is -2.11. The van der Waals surface area contributed by atoms with E-state index in [2.05, 4.69) is 10.9 Å². The van der Waals surface area contributed by atoms with Crippen LogP contribution in [0.3, 0.4) is 0 Å². The highest BCUT2D eigenvalue weighted by Gasteiger charge is 2.14. The topological polar surface area (TPSA) is 76.7 Å². The lowest BCUT2D eigenvalue weighted by Crippen LogP contribution is -2.41. The van der Waals surface area contributed by atoms with Crippen LogP contribution in [-0.4, -0.2) is 26.0 Å². The van der Waals surface area contributed by atoms with Gasteiger partial charge in [0.25, 0.3) is 5.91 Å². The van der Waals surface area contributed by atoms with Crippen LogP contribution < -0.4 is 20.3 Å². The summed E-state index contributed by atoms with van der Waals surface area (Å²) < 4.78 is 10.4. The number of ether oxygens (including phenoxy) is 2. The molecule has 2 aromatic rings. The molecule has 0 spiro atoms. The number of hydrogen-bond donors (Lipinski definition) is 2. The molecule has 0 aliphatic heterocycles. The van der Waals surface area contributed by atoms with Crippen molar-refractivity contribution in [3.8, 4) is 11.5 Å². The Hall–Kier alpha value is -2.73. The van der Waals surface area contributed by atoms with E-state index in [0.29, 0.717) is 17.2 Å². The van der Waals surface area contributed by atoms with Crippen molar-refractivity contribution in [2.24, 2.45) is 0 Å². The Labute approximate surface area is 151 Å². The van der Waals surface area contributed by atoms with E-state index in [1.54, 1.807) is 19.2 Å². The van der Waals surface area contributed by atoms with Crippen LogP contribution in [0.25, 0.3) is 0 Å². The number of hydrazine groups is 1. The molecule has 0 heterocycles. The zero-order valence-corrected chi connectivity index (χ0v) is 14.7. The van der Waals surface area contributed by atoms with Crippen molar-refractivity contribution in [1.82, 2.24) is 10.9 Å². The maximum atomic E-state index is 12.2. The Morgan fingerprint density at radius 2 is 1.72 bits per heavy atom. The minimum atomic E-state index is -0.509. The largest absolute Gasteiger partial charge is 0.496 e. The number of para-hydroxylation sites is 1. The summed E-state index contributed by atoms with van der Waals surface area (Å²) in [4.78, 5) is 24.1. The van der Waals surface area contributed by atoms with E-state index < -0.39 is 5.91 Å². The van der Waals surface area contributed by atoms with Gasteiger partial charge in [-0.25, -0.2) is 0 Å². The lowest BCUT2D eigenvalue weighted by molar-refractivity contribution is -0.121. The first-order chi connectivity index (χ1) is 12.0. The quantitative estimate of drug-likeness (QED) is 0.775. The van der Waals surface area contributed by atoms with Crippen molar-refractivity contribution >= 4 is 23.4 Å². The van der Waals surface area contributed by atoms with Crippen LogP contribution in [0.1, 0.15) is 22.3 Å². The molecule has 132 valence electrons. The van der Waals surface area contributed by atoms with Gasteiger partial charge in [0.2, 0.25) is 5.91 Å². The van der Waals surface area contributed by atoms with Gasteiger partial charge in [0, 0.05) is 11.4 Å². The number of carbonyl (C=O) groups is 2. The number of carbonyl (C=O) groups excluding carboxylic acids is 2. The van der Waals surface area contributed by atoms with Crippen molar-refractivity contribution in [3.05, 3.63) is 58.6 Å². The number of methoxy groups -OCH3 is 2. The second-order valence-electron chi connectivity index (χ2n) is 5.16. The summed E-state index contributed by atoms with van der Waals surface area (Å²) >= 11 is 5.89. The number of benzene rings is 2. The summed E-state index contributed by atoms with van der Waals surface area (Å²) in [5, 5.41) is 0.397. The molecule has 0 aliphatic rings. The van der Waals surface area contributed by atoms with Crippen LogP contribution in [-0.2, 0) is 11.2 Å². The lowest BCUT2D eigenvalue weighted by atomic mass is 10.1. The van der Waals surface area contributed by atoms with Crippen molar-refractivity contribution in [2.75, 3.05) is 14.2 Å². The normalized spacial score (nSPS) is 10.0. The second kappa shape index (κ2) is 8.94. The van der Waals surface area contributed by atoms with Crippen LogP contribution in [0, 0.1) is 0 Å². The molecule has 0 aromatic heterocycles.